The molecule has 2 aromatic rings. The Labute approximate surface area is 140 Å². The summed E-state index contributed by atoms with van der Waals surface area (Å²) in [6.45, 7) is 2.57. The molecule has 2 heterocycles. The van der Waals surface area contributed by atoms with E-state index in [2.05, 4.69) is 4.98 Å². The first-order valence-electron chi connectivity index (χ1n) is 8.64. The third-order valence-electron chi connectivity index (χ3n) is 5.82. The zero-order chi connectivity index (χ0) is 16.8. The molecule has 3 atom stereocenters. The third-order valence-corrected chi connectivity index (χ3v) is 5.82. The number of nitrogens with zero attached hydrogens (tertiary/aromatic N) is 1. The smallest absolute Gasteiger partial charge is 0.326 e. The fourth-order valence-electron chi connectivity index (χ4n) is 4.69. The van der Waals surface area contributed by atoms with Crippen molar-refractivity contribution in [3.8, 4) is 0 Å². The van der Waals surface area contributed by atoms with Crippen LogP contribution in [0.3, 0.4) is 0 Å². The molecule has 0 bridgehead atoms. The van der Waals surface area contributed by atoms with Gasteiger partial charge in [0.2, 0.25) is 5.91 Å². The van der Waals surface area contributed by atoms with Crippen LogP contribution in [0, 0.1) is 18.8 Å². The molecule has 24 heavy (non-hydrogen) atoms. The fraction of sp³-hybridized carbons (Fsp3) is 0.474. The van der Waals surface area contributed by atoms with Crippen molar-refractivity contribution in [3.05, 3.63) is 35.5 Å². The van der Waals surface area contributed by atoms with Gasteiger partial charge in [-0.3, -0.25) is 4.79 Å². The molecule has 126 valence electrons. The van der Waals surface area contributed by atoms with Gasteiger partial charge < -0.3 is 15.0 Å². The largest absolute Gasteiger partial charge is 0.480 e. The van der Waals surface area contributed by atoms with Crippen LogP contribution < -0.4 is 0 Å². The zero-order valence-corrected chi connectivity index (χ0v) is 13.8. The number of carboxylic acid groups (broad SMARTS) is 1. The molecule has 5 heteroatoms. The molecule has 1 amide bonds. The van der Waals surface area contributed by atoms with E-state index < -0.39 is 12.0 Å². The second-order valence-corrected chi connectivity index (χ2v) is 7.13. The Morgan fingerprint density at radius 2 is 2.08 bits per heavy atom. The second kappa shape index (κ2) is 5.65. The number of para-hydroxylation sites is 1. The molecule has 4 rings (SSSR count). The summed E-state index contributed by atoms with van der Waals surface area (Å²) < 4.78 is 0. The molecule has 1 aromatic heterocycles. The normalized spacial score (nSPS) is 26.0. The van der Waals surface area contributed by atoms with Crippen molar-refractivity contribution in [2.75, 3.05) is 6.54 Å². The second-order valence-electron chi connectivity index (χ2n) is 7.13. The minimum Gasteiger partial charge on any atom is -0.480 e. The Bertz CT molecular complexity index is 810. The number of aryl methyl sites for hydroxylation is 1. The highest BCUT2D eigenvalue weighted by Crippen LogP contribution is 2.42. The van der Waals surface area contributed by atoms with Gasteiger partial charge in [0.1, 0.15) is 6.04 Å². The molecule has 1 aliphatic heterocycles. The lowest BCUT2D eigenvalue weighted by molar-refractivity contribution is -0.149. The highest BCUT2D eigenvalue weighted by Gasteiger charge is 2.49. The van der Waals surface area contributed by atoms with Gasteiger partial charge in [-0.05, 0) is 43.2 Å². The first-order valence-corrected chi connectivity index (χ1v) is 8.64. The van der Waals surface area contributed by atoms with Crippen LogP contribution in [-0.4, -0.2) is 39.5 Å². The summed E-state index contributed by atoms with van der Waals surface area (Å²) in [6.07, 6.45) is 3.32. The first-order chi connectivity index (χ1) is 11.6. The van der Waals surface area contributed by atoms with Gasteiger partial charge in [-0.1, -0.05) is 24.6 Å². The highest BCUT2D eigenvalue weighted by molar-refractivity contribution is 5.92. The van der Waals surface area contributed by atoms with E-state index in [4.69, 9.17) is 0 Å². The first kappa shape index (κ1) is 15.2. The van der Waals surface area contributed by atoms with Crippen LogP contribution in [0.1, 0.15) is 30.5 Å². The van der Waals surface area contributed by atoms with Crippen LogP contribution >= 0.6 is 0 Å². The summed E-state index contributed by atoms with van der Waals surface area (Å²) in [7, 11) is 0. The number of amides is 1. The number of benzene rings is 1. The van der Waals surface area contributed by atoms with Gasteiger partial charge in [-0.2, -0.15) is 0 Å². The van der Waals surface area contributed by atoms with Crippen molar-refractivity contribution in [3.63, 3.8) is 0 Å². The summed E-state index contributed by atoms with van der Waals surface area (Å²) in [5.41, 5.74) is 2.98. The van der Waals surface area contributed by atoms with Gasteiger partial charge >= 0.3 is 5.97 Å². The highest BCUT2D eigenvalue weighted by atomic mass is 16.4. The van der Waals surface area contributed by atoms with Gasteiger partial charge in [-0.25, -0.2) is 4.79 Å². The van der Waals surface area contributed by atoms with Gasteiger partial charge in [-0.15, -0.1) is 0 Å². The zero-order valence-electron chi connectivity index (χ0n) is 13.8. The Morgan fingerprint density at radius 3 is 2.88 bits per heavy atom. The lowest BCUT2D eigenvalue weighted by atomic mass is 9.94. The summed E-state index contributed by atoms with van der Waals surface area (Å²) in [4.78, 5) is 29.6. The van der Waals surface area contributed by atoms with Crippen LogP contribution in [0.15, 0.2) is 24.3 Å². The molecule has 2 fully saturated rings. The Balaban J connectivity index is 1.61. The van der Waals surface area contributed by atoms with E-state index in [0.717, 1.165) is 41.4 Å². The molecular weight excluding hydrogens is 304 g/mol. The van der Waals surface area contributed by atoms with Crippen LogP contribution in [0.5, 0.6) is 0 Å². The predicted octanol–water partition coefficient (Wildman–Crippen LogP) is 2.73. The number of likely N-dealkylation sites (tertiary alicyclic amines) is 1. The lowest BCUT2D eigenvalue weighted by Crippen LogP contribution is -2.44. The van der Waals surface area contributed by atoms with Gasteiger partial charge in [0.25, 0.3) is 0 Å². The molecule has 2 aliphatic rings. The average molecular weight is 326 g/mol. The molecule has 0 spiro atoms. The van der Waals surface area contributed by atoms with E-state index in [1.54, 1.807) is 4.90 Å². The van der Waals surface area contributed by atoms with Crippen molar-refractivity contribution >= 4 is 22.8 Å². The van der Waals surface area contributed by atoms with Crippen molar-refractivity contribution in [2.24, 2.45) is 11.8 Å². The maximum Gasteiger partial charge on any atom is 0.326 e. The minimum atomic E-state index is -0.853. The molecule has 2 N–H and O–H groups in total. The van der Waals surface area contributed by atoms with Gasteiger partial charge in [0, 0.05) is 23.1 Å². The van der Waals surface area contributed by atoms with E-state index in [0.29, 0.717) is 12.5 Å². The van der Waals surface area contributed by atoms with Crippen molar-refractivity contribution < 1.29 is 14.7 Å². The number of H-pyrrole nitrogens is 1. The van der Waals surface area contributed by atoms with Gasteiger partial charge in [0.15, 0.2) is 0 Å². The molecule has 1 saturated heterocycles. The number of fused-ring (bicyclic) bond motifs is 2. The number of hydrogen-bond acceptors (Lipinski definition) is 2. The Kier molecular flexibility index (Phi) is 3.59. The van der Waals surface area contributed by atoms with E-state index >= 15 is 0 Å². The summed E-state index contributed by atoms with van der Waals surface area (Å²) in [6, 6.07) is 7.29. The molecular formula is C19H22N2O3. The predicted molar refractivity (Wildman–Crippen MR) is 90.7 cm³/mol. The topological polar surface area (TPSA) is 73.4 Å². The number of aromatic amines is 1. The number of carboxylic acids is 1. The van der Waals surface area contributed by atoms with Crippen LogP contribution in [0.2, 0.25) is 0 Å². The molecule has 1 saturated carbocycles. The fourth-order valence-corrected chi connectivity index (χ4v) is 4.69. The maximum atomic E-state index is 12.9. The Hall–Kier alpha value is -2.30. The summed E-state index contributed by atoms with van der Waals surface area (Å²) in [5, 5.41) is 10.7. The van der Waals surface area contributed by atoms with Crippen LogP contribution in [0.4, 0.5) is 0 Å². The van der Waals surface area contributed by atoms with Crippen molar-refractivity contribution in [1.29, 1.82) is 0 Å². The van der Waals surface area contributed by atoms with E-state index in [1.165, 1.54) is 0 Å². The monoisotopic (exact) mass is 326 g/mol. The summed E-state index contributed by atoms with van der Waals surface area (Å²) in [5.74, 6) is -0.423. The maximum absolute atomic E-state index is 12.9. The molecule has 0 radical (unpaired) electrons. The number of rotatable bonds is 3. The van der Waals surface area contributed by atoms with Crippen LogP contribution in [-0.2, 0) is 16.0 Å². The number of hydrogen-bond donors (Lipinski definition) is 2. The summed E-state index contributed by atoms with van der Waals surface area (Å²) >= 11 is 0. The van der Waals surface area contributed by atoms with E-state index in [9.17, 15) is 14.7 Å². The number of carbonyl (C=O) groups excluding carboxylic acids is 1. The van der Waals surface area contributed by atoms with Gasteiger partial charge in [0.05, 0.1) is 6.42 Å². The van der Waals surface area contributed by atoms with E-state index in [1.807, 2.05) is 31.2 Å². The van der Waals surface area contributed by atoms with Crippen LogP contribution in [0.25, 0.3) is 10.9 Å². The Morgan fingerprint density at radius 1 is 1.29 bits per heavy atom. The lowest BCUT2D eigenvalue weighted by Gasteiger charge is -2.24. The number of nitrogens with one attached hydrogen (secondary N) is 1. The van der Waals surface area contributed by atoms with Crippen molar-refractivity contribution in [2.45, 2.75) is 38.6 Å². The molecule has 1 aliphatic carbocycles. The third kappa shape index (κ3) is 2.30. The van der Waals surface area contributed by atoms with Crippen molar-refractivity contribution in [1.82, 2.24) is 9.88 Å². The standard InChI is InChI=1S/C19H22N2O3/c1-11-15(14-6-2-3-8-16(14)20-11)9-17(22)21-10-12-5-4-7-13(12)18(21)19(23)24/h2-3,6,8,12-13,18,20H,4-5,7,9-10H2,1H3,(H,23,24). The minimum absolute atomic E-state index is 0.0651. The molecule has 3 unspecified atom stereocenters. The number of aromatic nitrogens is 1. The van der Waals surface area contributed by atoms with E-state index in [-0.39, 0.29) is 18.2 Å². The SMILES string of the molecule is Cc1[nH]c2ccccc2c1CC(=O)N1CC2CCCC2C1C(=O)O. The quantitative estimate of drug-likeness (QED) is 0.911. The average Bonchev–Trinajstić information content (AvgIpc) is 3.20. The number of aliphatic carboxylic acids is 1. The molecule has 5 nitrogen and oxygen atoms in total. The molecule has 1 aromatic carbocycles. The number of carbonyl (C=O) groups is 2.